The molecule has 0 radical (unpaired) electrons. The van der Waals surface area contributed by atoms with E-state index in [0.717, 1.165) is 19.0 Å². The Morgan fingerprint density at radius 3 is 2.63 bits per heavy atom. The Morgan fingerprint density at radius 2 is 1.89 bits per heavy atom. The van der Waals surface area contributed by atoms with Crippen LogP contribution < -0.4 is 0 Å². The van der Waals surface area contributed by atoms with Gasteiger partial charge in [0.05, 0.1) is 12.0 Å². The number of fused-ring (bicyclic) bond motifs is 2. The lowest BCUT2D eigenvalue weighted by Gasteiger charge is -2.25. The Morgan fingerprint density at radius 1 is 1.11 bits per heavy atom. The van der Waals surface area contributed by atoms with Gasteiger partial charge < -0.3 is 0 Å². The van der Waals surface area contributed by atoms with Crippen molar-refractivity contribution in [2.24, 2.45) is 0 Å². The van der Waals surface area contributed by atoms with Gasteiger partial charge in [0.2, 0.25) is 5.91 Å². The molecule has 0 spiro atoms. The van der Waals surface area contributed by atoms with Crippen LogP contribution in [0.4, 0.5) is 13.2 Å². The van der Waals surface area contributed by atoms with Crippen molar-refractivity contribution in [2.75, 3.05) is 13.1 Å². The number of nitrogens with zero attached hydrogens (tertiary/aromatic N) is 2. The Labute approximate surface area is 108 Å². The Kier molecular flexibility index (Phi) is 2.78. The zero-order valence-electron chi connectivity index (χ0n) is 10.2. The van der Waals surface area contributed by atoms with Crippen molar-refractivity contribution >= 4 is 5.91 Å². The molecule has 0 saturated carbocycles. The summed E-state index contributed by atoms with van der Waals surface area (Å²) in [5.41, 5.74) is 0.659. The van der Waals surface area contributed by atoms with Crippen molar-refractivity contribution in [3.8, 4) is 0 Å². The molecule has 0 bridgehead atoms. The number of benzene rings is 1. The molecular formula is C13H13F3N2O. The SMILES string of the molecule is O=C1Cc2ccc(C(F)(F)F)cc2CN2CCCN12. The Hall–Kier alpha value is -1.56. The van der Waals surface area contributed by atoms with Crippen LogP contribution in [-0.4, -0.2) is 29.0 Å². The summed E-state index contributed by atoms with van der Waals surface area (Å²) >= 11 is 0. The van der Waals surface area contributed by atoms with Gasteiger partial charge in [-0.15, -0.1) is 0 Å². The normalized spacial score (nSPS) is 20.2. The first-order valence-corrected chi connectivity index (χ1v) is 6.19. The Bertz CT molecular complexity index is 527. The predicted octanol–water partition coefficient (Wildman–Crippen LogP) is 2.21. The molecule has 102 valence electrons. The maximum Gasteiger partial charge on any atom is 0.416 e. The standard InChI is InChI=1S/C13H13F3N2O/c14-13(15,16)11-3-2-9-7-12(19)18-5-1-4-17(18)8-10(9)6-11/h2-3,6H,1,4-5,7-8H2. The third-order valence-electron chi connectivity index (χ3n) is 3.64. The quantitative estimate of drug-likeness (QED) is 0.721. The molecule has 0 unspecified atom stereocenters. The van der Waals surface area contributed by atoms with E-state index in [0.29, 0.717) is 24.2 Å². The number of carbonyl (C=O) groups is 1. The average molecular weight is 270 g/mol. The van der Waals surface area contributed by atoms with E-state index in [-0.39, 0.29) is 12.3 Å². The molecule has 0 N–H and O–H groups in total. The Balaban J connectivity index is 1.99. The lowest BCUT2D eigenvalue weighted by Crippen LogP contribution is -2.39. The minimum absolute atomic E-state index is 0.0315. The summed E-state index contributed by atoms with van der Waals surface area (Å²) in [4.78, 5) is 12.0. The largest absolute Gasteiger partial charge is 0.416 e. The number of hydrazine groups is 1. The van der Waals surface area contributed by atoms with Crippen LogP contribution in [-0.2, 0) is 23.9 Å². The molecule has 1 fully saturated rings. The second kappa shape index (κ2) is 4.23. The molecular weight excluding hydrogens is 257 g/mol. The molecule has 6 heteroatoms. The van der Waals surface area contributed by atoms with Gasteiger partial charge in [-0.1, -0.05) is 6.07 Å². The van der Waals surface area contributed by atoms with Gasteiger partial charge in [-0.2, -0.15) is 13.2 Å². The van der Waals surface area contributed by atoms with Crippen LogP contribution in [0.5, 0.6) is 0 Å². The van der Waals surface area contributed by atoms with Crippen molar-refractivity contribution in [2.45, 2.75) is 25.6 Å². The van der Waals surface area contributed by atoms with E-state index >= 15 is 0 Å². The highest BCUT2D eigenvalue weighted by molar-refractivity contribution is 5.79. The fourth-order valence-electron chi connectivity index (χ4n) is 2.68. The van der Waals surface area contributed by atoms with Crippen molar-refractivity contribution in [1.29, 1.82) is 0 Å². The van der Waals surface area contributed by atoms with Crippen LogP contribution in [0.3, 0.4) is 0 Å². The lowest BCUT2D eigenvalue weighted by molar-refractivity contribution is -0.143. The number of alkyl halides is 3. The number of hydrogen-bond donors (Lipinski definition) is 0. The monoisotopic (exact) mass is 270 g/mol. The van der Waals surface area contributed by atoms with E-state index in [1.54, 1.807) is 5.01 Å². The summed E-state index contributed by atoms with van der Waals surface area (Å²) in [7, 11) is 0. The van der Waals surface area contributed by atoms with E-state index in [2.05, 4.69) is 0 Å². The summed E-state index contributed by atoms with van der Waals surface area (Å²) in [5, 5.41) is 3.50. The second-order valence-electron chi connectivity index (χ2n) is 4.92. The topological polar surface area (TPSA) is 23.6 Å². The highest BCUT2D eigenvalue weighted by Gasteiger charge is 2.34. The summed E-state index contributed by atoms with van der Waals surface area (Å²) in [6.45, 7) is 1.77. The average Bonchev–Trinajstić information content (AvgIpc) is 2.73. The second-order valence-corrected chi connectivity index (χ2v) is 4.92. The van der Waals surface area contributed by atoms with Crippen molar-refractivity contribution < 1.29 is 18.0 Å². The molecule has 19 heavy (non-hydrogen) atoms. The van der Waals surface area contributed by atoms with Gasteiger partial charge in [-0.05, 0) is 29.7 Å². The number of carbonyl (C=O) groups excluding carboxylic acids is 1. The molecule has 2 heterocycles. The maximum absolute atomic E-state index is 12.7. The first-order valence-electron chi connectivity index (χ1n) is 6.19. The van der Waals surface area contributed by atoms with E-state index in [9.17, 15) is 18.0 Å². The minimum atomic E-state index is -4.34. The van der Waals surface area contributed by atoms with Crippen LogP contribution in [0.25, 0.3) is 0 Å². The summed E-state index contributed by atoms with van der Waals surface area (Å²) in [6.07, 6.45) is -3.28. The van der Waals surface area contributed by atoms with Gasteiger partial charge in [-0.3, -0.25) is 9.80 Å². The fourth-order valence-corrected chi connectivity index (χ4v) is 2.68. The summed E-state index contributed by atoms with van der Waals surface area (Å²) in [6, 6.07) is 3.65. The third kappa shape index (κ3) is 2.20. The molecule has 1 aromatic carbocycles. The van der Waals surface area contributed by atoms with Crippen LogP contribution in [0.15, 0.2) is 18.2 Å². The molecule has 1 amide bonds. The maximum atomic E-state index is 12.7. The van der Waals surface area contributed by atoms with Crippen LogP contribution in [0, 0.1) is 0 Å². The first kappa shape index (κ1) is 12.5. The van der Waals surface area contributed by atoms with Crippen LogP contribution in [0.1, 0.15) is 23.1 Å². The minimum Gasteiger partial charge on any atom is -0.275 e. The summed E-state index contributed by atoms with van der Waals surface area (Å²) < 4.78 is 38.1. The molecule has 0 atom stereocenters. The molecule has 0 aromatic heterocycles. The molecule has 3 rings (SSSR count). The zero-order chi connectivity index (χ0) is 13.6. The molecule has 1 saturated heterocycles. The zero-order valence-corrected chi connectivity index (χ0v) is 10.2. The van der Waals surface area contributed by atoms with Gasteiger partial charge in [0.1, 0.15) is 0 Å². The van der Waals surface area contributed by atoms with Gasteiger partial charge in [-0.25, -0.2) is 5.01 Å². The van der Waals surface area contributed by atoms with Crippen molar-refractivity contribution in [3.05, 3.63) is 34.9 Å². The van der Waals surface area contributed by atoms with Crippen LogP contribution in [0.2, 0.25) is 0 Å². The molecule has 2 aliphatic rings. The van der Waals surface area contributed by atoms with Gasteiger partial charge in [0, 0.05) is 19.6 Å². The first-order chi connectivity index (χ1) is 8.95. The molecule has 2 aliphatic heterocycles. The molecule has 1 aromatic rings. The number of rotatable bonds is 0. The number of amides is 1. The number of hydrogen-bond acceptors (Lipinski definition) is 2. The van der Waals surface area contributed by atoms with E-state index in [4.69, 9.17) is 0 Å². The smallest absolute Gasteiger partial charge is 0.275 e. The van der Waals surface area contributed by atoms with E-state index < -0.39 is 11.7 Å². The van der Waals surface area contributed by atoms with E-state index in [1.165, 1.54) is 12.1 Å². The van der Waals surface area contributed by atoms with Crippen molar-refractivity contribution in [1.82, 2.24) is 10.0 Å². The van der Waals surface area contributed by atoms with E-state index in [1.807, 2.05) is 5.01 Å². The predicted molar refractivity (Wildman–Crippen MR) is 61.9 cm³/mol. The van der Waals surface area contributed by atoms with Crippen LogP contribution >= 0.6 is 0 Å². The highest BCUT2D eigenvalue weighted by Crippen LogP contribution is 2.32. The fraction of sp³-hybridized carbons (Fsp3) is 0.462. The lowest BCUT2D eigenvalue weighted by atomic mass is 10.0. The van der Waals surface area contributed by atoms with Crippen molar-refractivity contribution in [3.63, 3.8) is 0 Å². The molecule has 0 aliphatic carbocycles. The highest BCUT2D eigenvalue weighted by atomic mass is 19.4. The third-order valence-corrected chi connectivity index (χ3v) is 3.64. The summed E-state index contributed by atoms with van der Waals surface area (Å²) in [5.74, 6) is -0.0315. The van der Waals surface area contributed by atoms with Gasteiger partial charge in [0.15, 0.2) is 0 Å². The number of halogens is 3. The van der Waals surface area contributed by atoms with Gasteiger partial charge >= 0.3 is 6.18 Å². The van der Waals surface area contributed by atoms with Gasteiger partial charge in [0.25, 0.3) is 0 Å². The molecule has 3 nitrogen and oxygen atoms in total.